The van der Waals surface area contributed by atoms with Gasteiger partial charge in [-0.05, 0) is 29.2 Å². The van der Waals surface area contributed by atoms with Crippen LogP contribution in [0.1, 0.15) is 111 Å². The van der Waals surface area contributed by atoms with Crippen LogP contribution in [-0.4, -0.2) is 41.5 Å². The molecule has 1 aromatic rings. The van der Waals surface area contributed by atoms with Gasteiger partial charge in [-0.25, -0.2) is 0 Å². The third-order valence-corrected chi connectivity index (χ3v) is 7.26. The molecule has 6 heteroatoms. The SMILES string of the molecule is CC(C)(C)CC[N-][C@@H]1CCCC[C@H]1[N-]CCC(C)(C)C.O[C@@H]1CCCC[C@@]1(O)c1ccccc1.[O]=[Os]. The van der Waals surface area contributed by atoms with Crippen LogP contribution in [0.4, 0.5) is 0 Å². The molecule has 5 nitrogen and oxygen atoms in total. The summed E-state index contributed by atoms with van der Waals surface area (Å²) in [5, 5.41) is 30.1. The van der Waals surface area contributed by atoms with E-state index in [9.17, 15) is 10.2 Å². The third kappa shape index (κ3) is 12.8. The molecule has 0 heterocycles. The molecule has 0 aromatic heterocycles. The van der Waals surface area contributed by atoms with Crippen molar-refractivity contribution in [1.82, 2.24) is 0 Å². The predicted molar refractivity (Wildman–Crippen MR) is 146 cm³/mol. The standard InChI is InChI=1S/C18H36N2.C12H16O2.O.Os/c1-17(2,3)11-13-19-15-9-7-8-10-16(15)20-14-12-18(4,5)6;13-11-8-4-5-9-12(11,14)10-6-2-1-3-7-10;;/h15-16H,7-14H2,1-6H3;1-3,6-7,11,13-14H,4-5,8-9H2;;/q-2;;;/t15-,16-;11-,12-;;/m11../s1. The van der Waals surface area contributed by atoms with Gasteiger partial charge in [-0.15, -0.1) is 13.1 Å². The zero-order chi connectivity index (χ0) is 27.2. The van der Waals surface area contributed by atoms with Gasteiger partial charge < -0.3 is 20.8 Å². The number of aliphatic hydroxyl groups excluding tert-OH is 1. The van der Waals surface area contributed by atoms with E-state index < -0.39 is 11.7 Å². The minimum absolute atomic E-state index is 0.400. The molecule has 0 radical (unpaired) electrons. The number of benzene rings is 1. The first kappa shape index (κ1) is 33.5. The van der Waals surface area contributed by atoms with E-state index in [1.807, 2.05) is 30.3 Å². The maximum atomic E-state index is 10.4. The minimum atomic E-state index is -1.01. The summed E-state index contributed by atoms with van der Waals surface area (Å²) in [6.07, 6.45) is 10.3. The molecule has 210 valence electrons. The molecule has 3 rings (SSSR count). The topological polar surface area (TPSA) is 85.7 Å². The molecule has 2 aliphatic carbocycles. The van der Waals surface area contributed by atoms with E-state index in [4.69, 9.17) is 14.2 Å². The fourth-order valence-corrected chi connectivity index (χ4v) is 4.85. The Morgan fingerprint density at radius 1 is 0.806 bits per heavy atom. The molecule has 1 aromatic carbocycles. The first-order valence-electron chi connectivity index (χ1n) is 13.8. The van der Waals surface area contributed by atoms with Crippen molar-refractivity contribution in [2.24, 2.45) is 10.8 Å². The number of nitrogens with zero attached hydrogens (tertiary/aromatic N) is 2. The van der Waals surface area contributed by atoms with Gasteiger partial charge in [0, 0.05) is 0 Å². The Balaban J connectivity index is 0.000000353. The molecule has 0 amide bonds. The summed E-state index contributed by atoms with van der Waals surface area (Å²) < 4.78 is 8.28. The van der Waals surface area contributed by atoms with Crippen molar-refractivity contribution in [3.05, 3.63) is 46.5 Å². The van der Waals surface area contributed by atoms with Crippen molar-refractivity contribution in [2.75, 3.05) is 13.1 Å². The Hall–Kier alpha value is -0.504. The molecule has 0 saturated heterocycles. The van der Waals surface area contributed by atoms with Gasteiger partial charge in [-0.3, -0.25) is 0 Å². The number of rotatable bonds is 7. The monoisotopic (exact) mass is 680 g/mol. The second kappa shape index (κ2) is 16.5. The molecule has 36 heavy (non-hydrogen) atoms. The Labute approximate surface area is 231 Å². The van der Waals surface area contributed by atoms with Gasteiger partial charge in [0.25, 0.3) is 0 Å². The van der Waals surface area contributed by atoms with E-state index in [1.54, 1.807) is 0 Å². The fourth-order valence-electron chi connectivity index (χ4n) is 4.85. The van der Waals surface area contributed by atoms with Crippen LogP contribution in [0.3, 0.4) is 0 Å². The molecule has 0 spiro atoms. The van der Waals surface area contributed by atoms with Gasteiger partial charge >= 0.3 is 22.1 Å². The van der Waals surface area contributed by atoms with Crippen LogP contribution >= 0.6 is 0 Å². The molecule has 0 aliphatic heterocycles. The van der Waals surface area contributed by atoms with Gasteiger partial charge in [0.05, 0.1) is 6.10 Å². The van der Waals surface area contributed by atoms with Crippen LogP contribution in [0.15, 0.2) is 30.3 Å². The third-order valence-electron chi connectivity index (χ3n) is 7.26. The number of hydrogen-bond acceptors (Lipinski definition) is 3. The second-order valence-electron chi connectivity index (χ2n) is 12.9. The van der Waals surface area contributed by atoms with E-state index in [0.717, 1.165) is 31.5 Å². The van der Waals surface area contributed by atoms with E-state index in [-0.39, 0.29) is 0 Å². The van der Waals surface area contributed by atoms with Crippen molar-refractivity contribution < 1.29 is 32.3 Å². The van der Waals surface area contributed by atoms with Crippen LogP contribution in [0, 0.1) is 10.8 Å². The predicted octanol–water partition coefficient (Wildman–Crippen LogP) is 7.61. The summed E-state index contributed by atoms with van der Waals surface area (Å²) in [6, 6.07) is 10.5. The molecule has 0 unspecified atom stereocenters. The van der Waals surface area contributed by atoms with Crippen molar-refractivity contribution >= 4 is 0 Å². The molecular weight excluding hydrogens is 627 g/mol. The van der Waals surface area contributed by atoms with Gasteiger partial charge in [0.1, 0.15) is 5.60 Å². The Morgan fingerprint density at radius 3 is 1.67 bits per heavy atom. The van der Waals surface area contributed by atoms with Crippen LogP contribution in [0.25, 0.3) is 10.6 Å². The van der Waals surface area contributed by atoms with E-state index in [2.05, 4.69) is 41.5 Å². The van der Waals surface area contributed by atoms with Gasteiger partial charge in [-0.2, -0.15) is 12.1 Å². The van der Waals surface area contributed by atoms with E-state index >= 15 is 0 Å². The summed E-state index contributed by atoms with van der Waals surface area (Å²) in [7, 11) is 0. The molecule has 2 N–H and O–H groups in total. The molecule has 2 saturated carbocycles. The van der Waals surface area contributed by atoms with Crippen molar-refractivity contribution in [2.45, 2.75) is 130 Å². The maximum absolute atomic E-state index is 10.4. The Bertz CT molecular complexity index is 676. The summed E-state index contributed by atoms with van der Waals surface area (Å²) in [5.74, 6) is 0. The fraction of sp³-hybridized carbons (Fsp3) is 0.800. The van der Waals surface area contributed by atoms with Crippen LogP contribution < -0.4 is 0 Å². The summed E-state index contributed by atoms with van der Waals surface area (Å²) in [4.78, 5) is 0. The van der Waals surface area contributed by atoms with Crippen LogP contribution in [0.5, 0.6) is 0 Å². The Morgan fingerprint density at radius 2 is 1.25 bits per heavy atom. The van der Waals surface area contributed by atoms with Crippen molar-refractivity contribution in [3.63, 3.8) is 0 Å². The normalized spacial score (nSPS) is 26.8. The van der Waals surface area contributed by atoms with Gasteiger partial charge in [0.15, 0.2) is 0 Å². The quantitative estimate of drug-likeness (QED) is 0.312. The number of aliphatic hydroxyl groups is 2. The Kier molecular flexibility index (Phi) is 15.3. The van der Waals surface area contributed by atoms with Crippen LogP contribution in [0.2, 0.25) is 0 Å². The molecular formula is C30H52N2O3Os-2. The summed E-state index contributed by atoms with van der Waals surface area (Å²) in [6.45, 7) is 15.8. The molecule has 0 bridgehead atoms. The first-order chi connectivity index (χ1) is 16.9. The average Bonchev–Trinajstić information content (AvgIpc) is 2.83. The average molecular weight is 679 g/mol. The van der Waals surface area contributed by atoms with Crippen LogP contribution in [-0.2, 0) is 27.7 Å². The molecule has 2 aliphatic rings. The van der Waals surface area contributed by atoms with E-state index in [0.29, 0.717) is 54.3 Å². The van der Waals surface area contributed by atoms with E-state index in [1.165, 1.54) is 38.5 Å². The zero-order valence-corrected chi connectivity index (χ0v) is 26.2. The number of hydrogen-bond donors (Lipinski definition) is 2. The van der Waals surface area contributed by atoms with Gasteiger partial charge in [-0.1, -0.05) is 123 Å². The summed E-state index contributed by atoms with van der Waals surface area (Å²) in [5.41, 5.74) is 0.625. The zero-order valence-electron chi connectivity index (χ0n) is 23.7. The van der Waals surface area contributed by atoms with Crippen molar-refractivity contribution in [1.29, 1.82) is 0 Å². The van der Waals surface area contributed by atoms with Gasteiger partial charge in [0.2, 0.25) is 0 Å². The molecule has 4 atom stereocenters. The summed E-state index contributed by atoms with van der Waals surface area (Å²) >= 11 is 0.611. The molecule has 2 fully saturated rings. The first-order valence-corrected chi connectivity index (χ1v) is 14.9. The van der Waals surface area contributed by atoms with Crippen molar-refractivity contribution in [3.8, 4) is 0 Å². The second-order valence-corrected chi connectivity index (χ2v) is 12.9.